The summed E-state index contributed by atoms with van der Waals surface area (Å²) in [5, 5.41) is 5.97. The Morgan fingerprint density at radius 3 is 2.28 bits per heavy atom. The van der Waals surface area contributed by atoms with Gasteiger partial charge < -0.3 is 15.4 Å². The molecule has 0 saturated heterocycles. The lowest BCUT2D eigenvalue weighted by molar-refractivity contribution is -0.114. The van der Waals surface area contributed by atoms with Crippen molar-refractivity contribution < 1.29 is 9.53 Å². The molecule has 25 heavy (non-hydrogen) atoms. The molecule has 4 nitrogen and oxygen atoms in total. The Bertz CT molecular complexity index is 830. The lowest BCUT2D eigenvalue weighted by Gasteiger charge is -2.09. The van der Waals surface area contributed by atoms with Gasteiger partial charge in [0.15, 0.2) is 0 Å². The average Bonchev–Trinajstić information content (AvgIpc) is 2.67. The van der Waals surface area contributed by atoms with Crippen molar-refractivity contribution in [3.05, 3.63) is 78.9 Å². The predicted molar refractivity (Wildman–Crippen MR) is 102 cm³/mol. The van der Waals surface area contributed by atoms with Crippen LogP contribution < -0.4 is 15.4 Å². The first-order valence-electron chi connectivity index (χ1n) is 8.08. The van der Waals surface area contributed by atoms with Gasteiger partial charge in [-0.15, -0.1) is 0 Å². The molecule has 0 spiro atoms. The number of benzene rings is 3. The van der Waals surface area contributed by atoms with Gasteiger partial charge in [-0.25, -0.2) is 0 Å². The summed E-state index contributed by atoms with van der Waals surface area (Å²) >= 11 is 0. The van der Waals surface area contributed by atoms with Crippen molar-refractivity contribution in [3.8, 4) is 16.9 Å². The first-order chi connectivity index (χ1) is 12.2. The number of hydrogen-bond donors (Lipinski definition) is 2. The summed E-state index contributed by atoms with van der Waals surface area (Å²) in [7, 11) is 1.60. The number of carbonyl (C=O) groups is 1. The van der Waals surface area contributed by atoms with Crippen LogP contribution >= 0.6 is 0 Å². The van der Waals surface area contributed by atoms with Crippen LogP contribution in [0, 0.1) is 0 Å². The van der Waals surface area contributed by atoms with Gasteiger partial charge in [-0.1, -0.05) is 48.5 Å². The number of nitrogens with one attached hydrogen (secondary N) is 2. The molecule has 0 heterocycles. The zero-order valence-electron chi connectivity index (χ0n) is 14.0. The Morgan fingerprint density at radius 1 is 0.840 bits per heavy atom. The molecule has 0 aliphatic carbocycles. The van der Waals surface area contributed by atoms with E-state index in [1.807, 2.05) is 60.7 Å². The van der Waals surface area contributed by atoms with E-state index in [-0.39, 0.29) is 12.5 Å². The van der Waals surface area contributed by atoms with Crippen molar-refractivity contribution in [3.63, 3.8) is 0 Å². The van der Waals surface area contributed by atoms with Gasteiger partial charge in [0.05, 0.1) is 13.7 Å². The summed E-state index contributed by atoms with van der Waals surface area (Å²) < 4.78 is 5.15. The number of ether oxygens (including phenoxy) is 1. The molecular weight excluding hydrogens is 312 g/mol. The van der Waals surface area contributed by atoms with E-state index in [2.05, 4.69) is 22.8 Å². The van der Waals surface area contributed by atoms with Crippen molar-refractivity contribution in [2.24, 2.45) is 0 Å². The molecule has 3 rings (SSSR count). The summed E-state index contributed by atoms with van der Waals surface area (Å²) in [6, 6.07) is 25.5. The molecule has 126 valence electrons. The van der Waals surface area contributed by atoms with Crippen LogP contribution in [0.3, 0.4) is 0 Å². The molecule has 3 aromatic rings. The Balaban J connectivity index is 1.55. The lowest BCUT2D eigenvalue weighted by Crippen LogP contribution is -2.21. The maximum absolute atomic E-state index is 12.1. The molecule has 0 aliphatic rings. The minimum atomic E-state index is -0.111. The fraction of sp³-hybridized carbons (Fsp3) is 0.0952. The fourth-order valence-electron chi connectivity index (χ4n) is 2.50. The van der Waals surface area contributed by atoms with Gasteiger partial charge in [0.1, 0.15) is 5.75 Å². The monoisotopic (exact) mass is 332 g/mol. The standard InChI is InChI=1S/C21H20N2O2/c1-25-20-9-5-8-19(14-20)23-21(24)15-22-18-12-10-17(11-13-18)16-6-3-2-4-7-16/h2-14,22H,15H2,1H3,(H,23,24). The summed E-state index contributed by atoms with van der Waals surface area (Å²) in [6.07, 6.45) is 0. The van der Waals surface area contributed by atoms with Gasteiger partial charge in [-0.2, -0.15) is 0 Å². The van der Waals surface area contributed by atoms with Gasteiger partial charge >= 0.3 is 0 Å². The zero-order valence-corrected chi connectivity index (χ0v) is 14.0. The van der Waals surface area contributed by atoms with Gasteiger partial charge in [0.25, 0.3) is 0 Å². The third-order valence-corrected chi connectivity index (χ3v) is 3.80. The minimum absolute atomic E-state index is 0.111. The normalized spacial score (nSPS) is 10.1. The molecule has 0 unspecified atom stereocenters. The van der Waals surface area contributed by atoms with Crippen molar-refractivity contribution in [2.45, 2.75) is 0 Å². The highest BCUT2D eigenvalue weighted by Gasteiger charge is 2.04. The van der Waals surface area contributed by atoms with Crippen LogP contribution in [0.4, 0.5) is 11.4 Å². The number of methoxy groups -OCH3 is 1. The summed E-state index contributed by atoms with van der Waals surface area (Å²) in [4.78, 5) is 12.1. The molecule has 4 heteroatoms. The number of hydrogen-bond acceptors (Lipinski definition) is 3. The number of rotatable bonds is 6. The van der Waals surface area contributed by atoms with E-state index in [1.165, 1.54) is 5.56 Å². The summed E-state index contributed by atoms with van der Waals surface area (Å²) in [6.45, 7) is 0.196. The molecule has 1 amide bonds. The van der Waals surface area contributed by atoms with E-state index >= 15 is 0 Å². The quantitative estimate of drug-likeness (QED) is 0.703. The first-order valence-corrected chi connectivity index (χ1v) is 8.08. The molecule has 0 radical (unpaired) electrons. The molecule has 0 fully saturated rings. The smallest absolute Gasteiger partial charge is 0.243 e. The second kappa shape index (κ2) is 8.02. The van der Waals surface area contributed by atoms with E-state index in [9.17, 15) is 4.79 Å². The average molecular weight is 332 g/mol. The molecule has 0 saturated carbocycles. The van der Waals surface area contributed by atoms with Gasteiger partial charge in [0.2, 0.25) is 5.91 Å². The number of anilines is 2. The molecule has 0 atom stereocenters. The third-order valence-electron chi connectivity index (χ3n) is 3.80. The minimum Gasteiger partial charge on any atom is -0.497 e. The topological polar surface area (TPSA) is 50.4 Å². The lowest BCUT2D eigenvalue weighted by atomic mass is 10.1. The van der Waals surface area contributed by atoms with Crippen molar-refractivity contribution in [1.82, 2.24) is 0 Å². The first kappa shape index (κ1) is 16.6. The highest BCUT2D eigenvalue weighted by atomic mass is 16.5. The van der Waals surface area contributed by atoms with Crippen LogP contribution in [0.25, 0.3) is 11.1 Å². The van der Waals surface area contributed by atoms with E-state index in [0.29, 0.717) is 11.4 Å². The second-order valence-corrected chi connectivity index (χ2v) is 5.58. The van der Waals surface area contributed by atoms with Crippen molar-refractivity contribution >= 4 is 17.3 Å². The molecule has 0 aliphatic heterocycles. The Hall–Kier alpha value is -3.27. The van der Waals surface area contributed by atoms with Crippen LogP contribution in [0.15, 0.2) is 78.9 Å². The zero-order chi connectivity index (χ0) is 17.5. The second-order valence-electron chi connectivity index (χ2n) is 5.58. The van der Waals surface area contributed by atoms with Gasteiger partial charge in [-0.05, 0) is 35.4 Å². The Kier molecular flexibility index (Phi) is 5.32. The van der Waals surface area contributed by atoms with Crippen LogP contribution in [-0.2, 0) is 4.79 Å². The Labute approximate surface area is 147 Å². The van der Waals surface area contributed by atoms with E-state index in [4.69, 9.17) is 4.74 Å². The van der Waals surface area contributed by atoms with Crippen LogP contribution in [-0.4, -0.2) is 19.6 Å². The number of amides is 1. The maximum Gasteiger partial charge on any atom is 0.243 e. The van der Waals surface area contributed by atoms with E-state index < -0.39 is 0 Å². The summed E-state index contributed by atoms with van der Waals surface area (Å²) in [5.41, 5.74) is 3.93. The van der Waals surface area contributed by atoms with Gasteiger partial charge in [0, 0.05) is 17.4 Å². The predicted octanol–water partition coefficient (Wildman–Crippen LogP) is 4.41. The van der Waals surface area contributed by atoms with Gasteiger partial charge in [-0.3, -0.25) is 4.79 Å². The highest BCUT2D eigenvalue weighted by molar-refractivity contribution is 5.93. The Morgan fingerprint density at radius 2 is 1.56 bits per heavy atom. The molecule has 3 aromatic carbocycles. The molecular formula is C21H20N2O2. The van der Waals surface area contributed by atoms with Crippen molar-refractivity contribution in [2.75, 3.05) is 24.3 Å². The van der Waals surface area contributed by atoms with Crippen molar-refractivity contribution in [1.29, 1.82) is 0 Å². The third kappa shape index (κ3) is 4.61. The van der Waals surface area contributed by atoms with E-state index in [1.54, 1.807) is 13.2 Å². The van der Waals surface area contributed by atoms with E-state index in [0.717, 1.165) is 11.3 Å². The fourth-order valence-corrected chi connectivity index (χ4v) is 2.50. The SMILES string of the molecule is COc1cccc(NC(=O)CNc2ccc(-c3ccccc3)cc2)c1. The number of carbonyl (C=O) groups excluding carboxylic acids is 1. The molecule has 0 bridgehead atoms. The van der Waals surface area contributed by atoms with Crippen LogP contribution in [0.1, 0.15) is 0 Å². The molecule has 0 aromatic heterocycles. The van der Waals surface area contributed by atoms with Crippen LogP contribution in [0.5, 0.6) is 5.75 Å². The largest absolute Gasteiger partial charge is 0.497 e. The highest BCUT2D eigenvalue weighted by Crippen LogP contribution is 2.21. The van der Waals surface area contributed by atoms with Crippen LogP contribution in [0.2, 0.25) is 0 Å². The summed E-state index contributed by atoms with van der Waals surface area (Å²) in [5.74, 6) is 0.600. The molecule has 2 N–H and O–H groups in total. The maximum atomic E-state index is 12.1.